The van der Waals surface area contributed by atoms with Crippen molar-refractivity contribution in [2.75, 3.05) is 38.1 Å². The van der Waals surface area contributed by atoms with Crippen molar-refractivity contribution in [2.45, 2.75) is 0 Å². The van der Waals surface area contributed by atoms with E-state index >= 15 is 0 Å². The van der Waals surface area contributed by atoms with E-state index in [1.165, 1.54) is 7.05 Å². The number of hydrogen-bond acceptors (Lipinski definition) is 3. The molecule has 0 unspecified atom stereocenters. The van der Waals surface area contributed by atoms with Gasteiger partial charge in [-0.2, -0.15) is 0 Å². The molecule has 1 aromatic rings. The van der Waals surface area contributed by atoms with Crippen LogP contribution < -0.4 is 15.5 Å². The first-order chi connectivity index (χ1) is 8.63. The Hall–Kier alpha value is -1.69. The number of nitrogens with one attached hydrogen (secondary N) is 2. The van der Waals surface area contributed by atoms with Gasteiger partial charge in [0.05, 0.1) is 0 Å². The number of benzene rings is 1. The first-order valence-corrected chi connectivity index (χ1v) is 5.80. The molecule has 0 atom stereocenters. The lowest BCUT2D eigenvalue weighted by molar-refractivity contribution is 0.0962. The minimum absolute atomic E-state index is 0.00798. The molecule has 1 amide bonds. The van der Waals surface area contributed by atoms with Crippen LogP contribution in [0.3, 0.4) is 0 Å². The minimum atomic E-state index is -0.699. The summed E-state index contributed by atoms with van der Waals surface area (Å²) >= 11 is 0. The Labute approximate surface area is 104 Å². The number of halogens is 2. The smallest absolute Gasteiger partial charge is 0.251 e. The van der Waals surface area contributed by atoms with Gasteiger partial charge in [-0.25, -0.2) is 8.78 Å². The largest absolute Gasteiger partial charge is 0.364 e. The van der Waals surface area contributed by atoms with Crippen LogP contribution >= 0.6 is 0 Å². The van der Waals surface area contributed by atoms with E-state index in [9.17, 15) is 13.6 Å². The molecule has 98 valence electrons. The number of nitrogens with zero attached hydrogens (tertiary/aromatic N) is 1. The maximum Gasteiger partial charge on any atom is 0.251 e. The molecule has 6 heteroatoms. The molecular weight excluding hydrogens is 240 g/mol. The third-order valence-corrected chi connectivity index (χ3v) is 2.94. The van der Waals surface area contributed by atoms with Gasteiger partial charge < -0.3 is 15.5 Å². The number of amides is 1. The maximum absolute atomic E-state index is 13.9. The first kappa shape index (κ1) is 12.8. The fourth-order valence-corrected chi connectivity index (χ4v) is 2.03. The van der Waals surface area contributed by atoms with E-state index in [0.717, 1.165) is 12.1 Å². The van der Waals surface area contributed by atoms with E-state index in [1.807, 2.05) is 0 Å². The molecule has 0 bridgehead atoms. The number of carbonyl (C=O) groups is 1. The zero-order valence-electron chi connectivity index (χ0n) is 10.1. The molecule has 0 aromatic heterocycles. The van der Waals surface area contributed by atoms with E-state index < -0.39 is 17.5 Å². The van der Waals surface area contributed by atoms with Gasteiger partial charge >= 0.3 is 0 Å². The molecular formula is C12H15F2N3O. The van der Waals surface area contributed by atoms with Gasteiger partial charge in [-0.05, 0) is 12.1 Å². The predicted molar refractivity (Wildman–Crippen MR) is 64.8 cm³/mol. The SMILES string of the molecule is CNC(=O)c1cc(F)c(N2CCNCC2)c(F)c1. The molecule has 0 radical (unpaired) electrons. The quantitative estimate of drug-likeness (QED) is 0.819. The highest BCUT2D eigenvalue weighted by Crippen LogP contribution is 2.25. The van der Waals surface area contributed by atoms with Gasteiger partial charge in [0.2, 0.25) is 0 Å². The van der Waals surface area contributed by atoms with Crippen molar-refractivity contribution in [3.8, 4) is 0 Å². The van der Waals surface area contributed by atoms with Crippen LogP contribution in [-0.2, 0) is 0 Å². The summed E-state index contributed by atoms with van der Waals surface area (Å²) in [5.41, 5.74) is -0.0597. The van der Waals surface area contributed by atoms with Gasteiger partial charge in [0.15, 0.2) is 0 Å². The summed E-state index contributed by atoms with van der Waals surface area (Å²) < 4.78 is 27.8. The van der Waals surface area contributed by atoms with Crippen LogP contribution in [0.25, 0.3) is 0 Å². The van der Waals surface area contributed by atoms with Crippen LogP contribution in [0.1, 0.15) is 10.4 Å². The average molecular weight is 255 g/mol. The second-order valence-corrected chi connectivity index (χ2v) is 4.10. The van der Waals surface area contributed by atoms with Gasteiger partial charge in [0.1, 0.15) is 17.3 Å². The van der Waals surface area contributed by atoms with Crippen LogP contribution in [-0.4, -0.2) is 39.1 Å². The third-order valence-electron chi connectivity index (χ3n) is 2.94. The summed E-state index contributed by atoms with van der Waals surface area (Å²) in [6.45, 7) is 2.48. The number of carbonyl (C=O) groups excluding carboxylic acids is 1. The van der Waals surface area contributed by atoms with Crippen molar-refractivity contribution in [1.29, 1.82) is 0 Å². The van der Waals surface area contributed by atoms with Crippen molar-refractivity contribution in [3.63, 3.8) is 0 Å². The second kappa shape index (κ2) is 5.30. The topological polar surface area (TPSA) is 44.4 Å². The first-order valence-electron chi connectivity index (χ1n) is 5.80. The molecule has 2 rings (SSSR count). The van der Waals surface area contributed by atoms with E-state index in [0.29, 0.717) is 26.2 Å². The maximum atomic E-state index is 13.9. The van der Waals surface area contributed by atoms with Crippen molar-refractivity contribution >= 4 is 11.6 Å². The van der Waals surface area contributed by atoms with Crippen molar-refractivity contribution in [1.82, 2.24) is 10.6 Å². The number of rotatable bonds is 2. The van der Waals surface area contributed by atoms with E-state index in [2.05, 4.69) is 10.6 Å². The summed E-state index contributed by atoms with van der Waals surface area (Å²) in [6.07, 6.45) is 0. The van der Waals surface area contributed by atoms with E-state index in [-0.39, 0.29) is 11.3 Å². The summed E-state index contributed by atoms with van der Waals surface area (Å²) in [4.78, 5) is 13.0. The molecule has 1 aromatic carbocycles. The molecule has 1 aliphatic rings. The molecule has 1 fully saturated rings. The van der Waals surface area contributed by atoms with Crippen molar-refractivity contribution in [2.24, 2.45) is 0 Å². The zero-order chi connectivity index (χ0) is 13.1. The zero-order valence-corrected chi connectivity index (χ0v) is 10.1. The highest BCUT2D eigenvalue weighted by Gasteiger charge is 2.21. The van der Waals surface area contributed by atoms with E-state index in [1.54, 1.807) is 4.90 Å². The van der Waals surface area contributed by atoms with Crippen molar-refractivity contribution in [3.05, 3.63) is 29.3 Å². The third kappa shape index (κ3) is 2.43. The van der Waals surface area contributed by atoms with Crippen LogP contribution in [0.15, 0.2) is 12.1 Å². The monoisotopic (exact) mass is 255 g/mol. The highest BCUT2D eigenvalue weighted by atomic mass is 19.1. The molecule has 4 nitrogen and oxygen atoms in total. The van der Waals surface area contributed by atoms with Gasteiger partial charge in [-0.1, -0.05) is 0 Å². The van der Waals surface area contributed by atoms with Gasteiger partial charge in [0, 0.05) is 38.8 Å². The minimum Gasteiger partial charge on any atom is -0.364 e. The number of anilines is 1. The van der Waals surface area contributed by atoms with Crippen LogP contribution in [0, 0.1) is 11.6 Å². The summed E-state index contributed by atoms with van der Waals surface area (Å²) in [7, 11) is 1.42. The lowest BCUT2D eigenvalue weighted by atomic mass is 10.1. The molecule has 0 spiro atoms. The molecule has 18 heavy (non-hydrogen) atoms. The van der Waals surface area contributed by atoms with Gasteiger partial charge in [0.25, 0.3) is 5.91 Å². The average Bonchev–Trinajstić information content (AvgIpc) is 2.38. The van der Waals surface area contributed by atoms with Crippen LogP contribution in [0.5, 0.6) is 0 Å². The van der Waals surface area contributed by atoms with Crippen LogP contribution in [0.2, 0.25) is 0 Å². The number of piperazine rings is 1. The fourth-order valence-electron chi connectivity index (χ4n) is 2.03. The summed E-state index contributed by atoms with van der Waals surface area (Å²) in [5, 5.41) is 5.45. The standard InChI is InChI=1S/C12H15F2N3O/c1-15-12(18)8-6-9(13)11(10(14)7-8)17-4-2-16-3-5-17/h6-7,16H,2-5H2,1H3,(H,15,18). The number of hydrogen-bond donors (Lipinski definition) is 2. The fraction of sp³-hybridized carbons (Fsp3) is 0.417. The Morgan fingerprint density at radius 1 is 1.28 bits per heavy atom. The predicted octanol–water partition coefficient (Wildman–Crippen LogP) is 0.734. The van der Waals surface area contributed by atoms with E-state index in [4.69, 9.17) is 0 Å². The van der Waals surface area contributed by atoms with Gasteiger partial charge in [-0.15, -0.1) is 0 Å². The molecule has 0 aliphatic carbocycles. The normalized spacial score (nSPS) is 15.6. The highest BCUT2D eigenvalue weighted by molar-refractivity contribution is 5.94. The second-order valence-electron chi connectivity index (χ2n) is 4.10. The molecule has 1 saturated heterocycles. The van der Waals surface area contributed by atoms with Gasteiger partial charge in [-0.3, -0.25) is 4.79 Å². The molecule has 2 N–H and O–H groups in total. The summed E-state index contributed by atoms with van der Waals surface area (Å²) in [6, 6.07) is 2.14. The Morgan fingerprint density at radius 2 is 1.83 bits per heavy atom. The Bertz CT molecular complexity index is 436. The Balaban J connectivity index is 2.34. The molecule has 0 saturated carbocycles. The summed E-state index contributed by atoms with van der Waals surface area (Å²) in [5.74, 6) is -1.90. The van der Waals surface area contributed by atoms with Crippen LogP contribution in [0.4, 0.5) is 14.5 Å². The lowest BCUT2D eigenvalue weighted by Gasteiger charge is -2.30. The Kier molecular flexibility index (Phi) is 3.76. The molecule has 1 heterocycles. The Morgan fingerprint density at radius 3 is 2.33 bits per heavy atom. The van der Waals surface area contributed by atoms with Crippen molar-refractivity contribution < 1.29 is 13.6 Å². The molecule has 1 aliphatic heterocycles. The lowest BCUT2D eigenvalue weighted by Crippen LogP contribution is -2.44.